The van der Waals surface area contributed by atoms with E-state index in [2.05, 4.69) is 5.32 Å². The fourth-order valence-corrected chi connectivity index (χ4v) is 2.41. The molecule has 1 unspecified atom stereocenters. The van der Waals surface area contributed by atoms with Crippen LogP contribution in [0.3, 0.4) is 0 Å². The number of halogens is 4. The molecule has 0 aliphatic heterocycles. The quantitative estimate of drug-likeness (QED) is 0.875. The Balaban J connectivity index is 2.19. The van der Waals surface area contributed by atoms with Crippen molar-refractivity contribution >= 4 is 11.6 Å². The summed E-state index contributed by atoms with van der Waals surface area (Å²) >= 11 is 6.02. The molecule has 2 rings (SSSR count). The molecule has 0 radical (unpaired) electrons. The summed E-state index contributed by atoms with van der Waals surface area (Å²) in [7, 11) is 1.69. The second-order valence-electron chi connectivity index (χ2n) is 4.83. The smallest absolute Gasteiger partial charge is 0.129 e. The normalized spacial score (nSPS) is 12.4. The SMILES string of the molecule is CNC(Cc1cc(F)ccc1Cl)Cc1c(F)cccc1F. The van der Waals surface area contributed by atoms with Gasteiger partial charge in [0.25, 0.3) is 0 Å². The number of hydrogen-bond acceptors (Lipinski definition) is 1. The van der Waals surface area contributed by atoms with Crippen LogP contribution in [-0.4, -0.2) is 13.1 Å². The Kier molecular flexibility index (Phi) is 5.26. The molecule has 0 aliphatic rings. The standard InChI is InChI=1S/C16H15ClF3N/c1-21-12(8-10-7-11(18)5-6-14(10)17)9-13-15(19)3-2-4-16(13)20/h2-7,12,21H,8-9H2,1H3. The topological polar surface area (TPSA) is 12.0 Å². The zero-order valence-corrected chi connectivity index (χ0v) is 12.2. The summed E-state index contributed by atoms with van der Waals surface area (Å²) in [5.41, 5.74) is 0.622. The number of nitrogens with one attached hydrogen (secondary N) is 1. The van der Waals surface area contributed by atoms with Crippen LogP contribution in [0.5, 0.6) is 0 Å². The van der Waals surface area contributed by atoms with Gasteiger partial charge in [0.1, 0.15) is 17.5 Å². The summed E-state index contributed by atoms with van der Waals surface area (Å²) < 4.78 is 40.6. The second kappa shape index (κ2) is 6.96. The van der Waals surface area contributed by atoms with E-state index < -0.39 is 11.6 Å². The first-order chi connectivity index (χ1) is 10.0. The monoisotopic (exact) mass is 313 g/mol. The maximum absolute atomic E-state index is 13.7. The van der Waals surface area contributed by atoms with Crippen molar-refractivity contribution in [3.8, 4) is 0 Å². The highest BCUT2D eigenvalue weighted by molar-refractivity contribution is 6.31. The highest BCUT2D eigenvalue weighted by Gasteiger charge is 2.16. The van der Waals surface area contributed by atoms with Gasteiger partial charge in [-0.1, -0.05) is 17.7 Å². The zero-order chi connectivity index (χ0) is 15.4. The Hall–Kier alpha value is -1.52. The minimum absolute atomic E-state index is 0.0179. The van der Waals surface area contributed by atoms with Gasteiger partial charge in [0, 0.05) is 16.6 Å². The highest BCUT2D eigenvalue weighted by Crippen LogP contribution is 2.21. The van der Waals surface area contributed by atoms with Gasteiger partial charge < -0.3 is 5.32 Å². The van der Waals surface area contributed by atoms with Crippen molar-refractivity contribution in [2.24, 2.45) is 0 Å². The van der Waals surface area contributed by atoms with E-state index in [0.717, 1.165) is 0 Å². The molecule has 0 bridgehead atoms. The van der Waals surface area contributed by atoms with E-state index in [1.807, 2.05) is 0 Å². The molecule has 0 fully saturated rings. The van der Waals surface area contributed by atoms with E-state index in [9.17, 15) is 13.2 Å². The van der Waals surface area contributed by atoms with Crippen molar-refractivity contribution < 1.29 is 13.2 Å². The first kappa shape index (κ1) is 15.9. The van der Waals surface area contributed by atoms with Crippen LogP contribution < -0.4 is 5.32 Å². The van der Waals surface area contributed by atoms with Crippen LogP contribution in [-0.2, 0) is 12.8 Å². The highest BCUT2D eigenvalue weighted by atomic mass is 35.5. The minimum atomic E-state index is -0.583. The Bertz CT molecular complexity index is 611. The molecule has 0 amide bonds. The third-order valence-corrected chi connectivity index (χ3v) is 3.76. The molecule has 112 valence electrons. The van der Waals surface area contributed by atoms with Crippen LogP contribution in [0.2, 0.25) is 5.02 Å². The van der Waals surface area contributed by atoms with E-state index in [1.165, 1.54) is 36.4 Å². The largest absolute Gasteiger partial charge is 0.316 e. The van der Waals surface area contributed by atoms with Crippen molar-refractivity contribution in [2.45, 2.75) is 18.9 Å². The maximum atomic E-state index is 13.7. The fraction of sp³-hybridized carbons (Fsp3) is 0.250. The lowest BCUT2D eigenvalue weighted by Gasteiger charge is -2.18. The van der Waals surface area contributed by atoms with Gasteiger partial charge >= 0.3 is 0 Å². The van der Waals surface area contributed by atoms with Crippen molar-refractivity contribution in [1.29, 1.82) is 0 Å². The number of benzene rings is 2. The minimum Gasteiger partial charge on any atom is -0.316 e. The molecule has 5 heteroatoms. The van der Waals surface area contributed by atoms with Crippen LogP contribution >= 0.6 is 11.6 Å². The Labute approximate surface area is 126 Å². The zero-order valence-electron chi connectivity index (χ0n) is 11.5. The fourth-order valence-electron chi connectivity index (χ4n) is 2.22. The molecule has 0 aliphatic carbocycles. The summed E-state index contributed by atoms with van der Waals surface area (Å²) in [6.07, 6.45) is 0.530. The molecule has 0 aromatic heterocycles. The predicted molar refractivity (Wildman–Crippen MR) is 78.0 cm³/mol. The molecule has 0 heterocycles. The van der Waals surface area contributed by atoms with Crippen LogP contribution in [0.25, 0.3) is 0 Å². The van der Waals surface area contributed by atoms with Gasteiger partial charge in [0.2, 0.25) is 0 Å². The Morgan fingerprint density at radius 1 is 1.05 bits per heavy atom. The Morgan fingerprint density at radius 2 is 1.71 bits per heavy atom. The molecule has 1 nitrogen and oxygen atoms in total. The van der Waals surface area contributed by atoms with E-state index in [-0.39, 0.29) is 23.8 Å². The molecule has 2 aromatic rings. The average molecular weight is 314 g/mol. The van der Waals surface area contributed by atoms with E-state index >= 15 is 0 Å². The van der Waals surface area contributed by atoms with Crippen molar-refractivity contribution in [1.82, 2.24) is 5.32 Å². The lowest BCUT2D eigenvalue weighted by molar-refractivity contribution is 0.501. The molecule has 1 atom stereocenters. The summed E-state index contributed by atoms with van der Waals surface area (Å²) in [6, 6.07) is 7.60. The van der Waals surface area contributed by atoms with Gasteiger partial charge in [-0.15, -0.1) is 0 Å². The van der Waals surface area contributed by atoms with Crippen molar-refractivity contribution in [3.05, 3.63) is 70.0 Å². The van der Waals surface area contributed by atoms with Crippen molar-refractivity contribution in [3.63, 3.8) is 0 Å². The average Bonchev–Trinajstić information content (AvgIpc) is 2.45. The van der Waals surface area contributed by atoms with Gasteiger partial charge in [-0.3, -0.25) is 0 Å². The van der Waals surface area contributed by atoms with Crippen LogP contribution in [0, 0.1) is 17.5 Å². The maximum Gasteiger partial charge on any atom is 0.129 e. The van der Waals surface area contributed by atoms with Gasteiger partial charge in [-0.05, 0) is 55.8 Å². The van der Waals surface area contributed by atoms with Crippen LogP contribution in [0.4, 0.5) is 13.2 Å². The van der Waals surface area contributed by atoms with Crippen LogP contribution in [0.1, 0.15) is 11.1 Å². The van der Waals surface area contributed by atoms with Gasteiger partial charge in [0.05, 0.1) is 0 Å². The van der Waals surface area contributed by atoms with Crippen molar-refractivity contribution in [2.75, 3.05) is 7.05 Å². The van der Waals surface area contributed by atoms with E-state index in [1.54, 1.807) is 7.05 Å². The summed E-state index contributed by atoms with van der Waals surface area (Å²) in [5.74, 6) is -1.55. The molecule has 21 heavy (non-hydrogen) atoms. The number of likely N-dealkylation sites (N-methyl/N-ethyl adjacent to an activating group) is 1. The summed E-state index contributed by atoms with van der Waals surface area (Å²) in [4.78, 5) is 0. The molecule has 0 spiro atoms. The van der Waals surface area contributed by atoms with E-state index in [0.29, 0.717) is 17.0 Å². The molecule has 1 N–H and O–H groups in total. The third-order valence-electron chi connectivity index (χ3n) is 3.39. The van der Waals surface area contributed by atoms with Gasteiger partial charge in [-0.25, -0.2) is 13.2 Å². The van der Waals surface area contributed by atoms with Gasteiger partial charge in [0.15, 0.2) is 0 Å². The van der Waals surface area contributed by atoms with Crippen LogP contribution in [0.15, 0.2) is 36.4 Å². The molecule has 0 saturated heterocycles. The first-order valence-corrected chi connectivity index (χ1v) is 6.93. The lowest BCUT2D eigenvalue weighted by atomic mass is 9.98. The van der Waals surface area contributed by atoms with Gasteiger partial charge in [-0.2, -0.15) is 0 Å². The molecule has 2 aromatic carbocycles. The molecular weight excluding hydrogens is 299 g/mol. The second-order valence-corrected chi connectivity index (χ2v) is 5.24. The predicted octanol–water partition coefficient (Wildman–Crippen LogP) is 4.13. The summed E-state index contributed by atoms with van der Waals surface area (Å²) in [5, 5.41) is 3.42. The number of rotatable bonds is 5. The number of hydrogen-bond donors (Lipinski definition) is 1. The first-order valence-electron chi connectivity index (χ1n) is 6.55. The lowest BCUT2D eigenvalue weighted by Crippen LogP contribution is -2.30. The third kappa shape index (κ3) is 3.99. The molecule has 0 saturated carbocycles. The Morgan fingerprint density at radius 3 is 2.33 bits per heavy atom. The van der Waals surface area contributed by atoms with E-state index in [4.69, 9.17) is 11.6 Å². The molecular formula is C16H15ClF3N. The summed E-state index contributed by atoms with van der Waals surface area (Å²) in [6.45, 7) is 0.